The van der Waals surface area contributed by atoms with E-state index in [1.807, 2.05) is 0 Å². The monoisotopic (exact) mass is 251 g/mol. The Morgan fingerprint density at radius 3 is 3.28 bits per heavy atom. The fourth-order valence-corrected chi connectivity index (χ4v) is 1.86. The summed E-state index contributed by atoms with van der Waals surface area (Å²) >= 11 is 0. The normalized spacial score (nSPS) is 14.2. The van der Waals surface area contributed by atoms with E-state index >= 15 is 0 Å². The Morgan fingerprint density at radius 1 is 1.67 bits per heavy atom. The van der Waals surface area contributed by atoms with Gasteiger partial charge in [-0.05, 0) is 12.0 Å². The molecule has 0 unspecified atom stereocenters. The van der Waals surface area contributed by atoms with Gasteiger partial charge in [-0.1, -0.05) is 0 Å². The van der Waals surface area contributed by atoms with Crippen LogP contribution in [0.5, 0.6) is 0 Å². The number of nitrogens with one attached hydrogen (secondary N) is 1. The number of hydrogen-bond donors (Lipinski definition) is 2. The summed E-state index contributed by atoms with van der Waals surface area (Å²) in [6, 6.07) is -0.102. The van der Waals surface area contributed by atoms with Crippen LogP contribution in [0.25, 0.3) is 0 Å². The first kappa shape index (κ1) is 12.6. The molecular weight excluding hydrogens is 234 g/mol. The Bertz CT molecular complexity index is 437. The van der Waals surface area contributed by atoms with Crippen molar-refractivity contribution in [2.75, 3.05) is 32.5 Å². The van der Waals surface area contributed by atoms with Crippen molar-refractivity contribution in [1.82, 2.24) is 20.2 Å². The van der Waals surface area contributed by atoms with E-state index in [0.717, 1.165) is 17.7 Å². The number of urea groups is 1. The van der Waals surface area contributed by atoms with Crippen molar-refractivity contribution in [3.05, 3.63) is 17.5 Å². The summed E-state index contributed by atoms with van der Waals surface area (Å²) < 4.78 is 4.88. The number of carbonyl (C=O) groups excluding carboxylic acids is 1. The molecule has 1 aliphatic heterocycles. The average molecular weight is 251 g/mol. The average Bonchev–Trinajstić information content (AvgIpc) is 2.38. The maximum absolute atomic E-state index is 11.9. The summed E-state index contributed by atoms with van der Waals surface area (Å²) in [5.74, 6) is 0.246. The van der Waals surface area contributed by atoms with Crippen LogP contribution >= 0.6 is 0 Å². The Balaban J connectivity index is 1.96. The summed E-state index contributed by atoms with van der Waals surface area (Å²) in [7, 11) is 1.60. The topological polar surface area (TPSA) is 93.4 Å². The van der Waals surface area contributed by atoms with E-state index in [-0.39, 0.29) is 12.0 Å². The van der Waals surface area contributed by atoms with Gasteiger partial charge in [0.1, 0.15) is 0 Å². The van der Waals surface area contributed by atoms with Gasteiger partial charge in [-0.2, -0.15) is 0 Å². The number of aromatic nitrogens is 2. The second-order valence-corrected chi connectivity index (χ2v) is 4.10. The minimum absolute atomic E-state index is 0.102. The second-order valence-electron chi connectivity index (χ2n) is 4.10. The Hall–Kier alpha value is -1.89. The van der Waals surface area contributed by atoms with Crippen LogP contribution in [0.4, 0.5) is 10.7 Å². The van der Waals surface area contributed by atoms with Crippen LogP contribution < -0.4 is 11.1 Å². The number of amides is 2. The number of anilines is 1. The molecule has 1 aromatic rings. The van der Waals surface area contributed by atoms with Crippen molar-refractivity contribution in [3.8, 4) is 0 Å². The molecule has 0 radical (unpaired) electrons. The molecule has 2 heterocycles. The van der Waals surface area contributed by atoms with Crippen LogP contribution in [-0.4, -0.2) is 47.7 Å². The molecule has 7 nitrogen and oxygen atoms in total. The van der Waals surface area contributed by atoms with E-state index in [4.69, 9.17) is 10.5 Å². The quantitative estimate of drug-likeness (QED) is 0.724. The fourth-order valence-electron chi connectivity index (χ4n) is 1.86. The lowest BCUT2D eigenvalue weighted by Gasteiger charge is -2.28. The molecule has 3 N–H and O–H groups in total. The molecule has 1 aliphatic rings. The Labute approximate surface area is 105 Å². The van der Waals surface area contributed by atoms with Gasteiger partial charge in [0.25, 0.3) is 0 Å². The van der Waals surface area contributed by atoms with Crippen molar-refractivity contribution in [3.63, 3.8) is 0 Å². The second kappa shape index (κ2) is 5.63. The van der Waals surface area contributed by atoms with Crippen LogP contribution in [0.15, 0.2) is 6.20 Å². The van der Waals surface area contributed by atoms with Gasteiger partial charge in [0, 0.05) is 26.4 Å². The minimum atomic E-state index is -0.102. The molecular formula is C11H17N5O2. The van der Waals surface area contributed by atoms with Crippen molar-refractivity contribution < 1.29 is 9.53 Å². The van der Waals surface area contributed by atoms with Crippen LogP contribution in [0.1, 0.15) is 11.3 Å². The molecule has 0 aromatic carbocycles. The first-order chi connectivity index (χ1) is 8.70. The molecule has 0 bridgehead atoms. The summed E-state index contributed by atoms with van der Waals surface area (Å²) in [4.78, 5) is 21.7. The molecule has 1 aromatic heterocycles. The lowest BCUT2D eigenvalue weighted by Crippen LogP contribution is -2.44. The molecule has 98 valence electrons. The number of carbonyl (C=O) groups is 1. The van der Waals surface area contributed by atoms with E-state index in [9.17, 15) is 4.79 Å². The zero-order valence-electron chi connectivity index (χ0n) is 10.3. The van der Waals surface area contributed by atoms with Crippen LogP contribution in [0, 0.1) is 0 Å². The van der Waals surface area contributed by atoms with E-state index in [0.29, 0.717) is 26.2 Å². The lowest BCUT2D eigenvalue weighted by atomic mass is 10.1. The van der Waals surface area contributed by atoms with Gasteiger partial charge < -0.3 is 20.7 Å². The Kier molecular flexibility index (Phi) is 3.93. The Morgan fingerprint density at radius 2 is 2.50 bits per heavy atom. The third-order valence-electron chi connectivity index (χ3n) is 2.83. The third-order valence-corrected chi connectivity index (χ3v) is 2.83. The first-order valence-corrected chi connectivity index (χ1v) is 5.82. The lowest BCUT2D eigenvalue weighted by molar-refractivity contribution is 0.175. The van der Waals surface area contributed by atoms with Crippen molar-refractivity contribution in [2.45, 2.75) is 13.0 Å². The largest absolute Gasteiger partial charge is 0.383 e. The predicted octanol–water partition coefficient (Wildman–Crippen LogP) is -0.227. The van der Waals surface area contributed by atoms with Gasteiger partial charge in [0.05, 0.1) is 18.8 Å². The van der Waals surface area contributed by atoms with E-state index in [1.165, 1.54) is 0 Å². The van der Waals surface area contributed by atoms with Gasteiger partial charge in [-0.3, -0.25) is 0 Å². The number of hydrogen-bond acceptors (Lipinski definition) is 5. The molecule has 2 amide bonds. The van der Waals surface area contributed by atoms with E-state index < -0.39 is 0 Å². The number of nitrogens with zero attached hydrogens (tertiary/aromatic N) is 3. The number of nitrogens with two attached hydrogens (primary N) is 1. The molecule has 0 spiro atoms. The number of ether oxygens (including phenoxy) is 1. The van der Waals surface area contributed by atoms with E-state index in [2.05, 4.69) is 15.3 Å². The summed E-state index contributed by atoms with van der Waals surface area (Å²) in [6.45, 7) is 2.15. The van der Waals surface area contributed by atoms with Gasteiger partial charge in [0.15, 0.2) is 0 Å². The highest BCUT2D eigenvalue weighted by atomic mass is 16.5. The highest BCUT2D eigenvalue weighted by molar-refractivity contribution is 5.74. The number of methoxy groups -OCH3 is 1. The standard InChI is InChI=1S/C11H17N5O2/c1-18-5-3-13-11(17)16-4-2-8-6-14-10(12)15-9(8)7-16/h6H,2-5,7H2,1H3,(H,13,17)(H2,12,14,15). The van der Waals surface area contributed by atoms with Crippen molar-refractivity contribution in [1.29, 1.82) is 0 Å². The molecule has 0 saturated carbocycles. The predicted molar refractivity (Wildman–Crippen MR) is 65.8 cm³/mol. The van der Waals surface area contributed by atoms with Crippen LogP contribution in [-0.2, 0) is 17.7 Å². The summed E-state index contributed by atoms with van der Waals surface area (Å²) in [5.41, 5.74) is 7.43. The molecule has 0 saturated heterocycles. The van der Waals surface area contributed by atoms with Gasteiger partial charge in [-0.25, -0.2) is 14.8 Å². The number of rotatable bonds is 3. The number of nitrogen functional groups attached to an aromatic ring is 1. The number of fused-ring (bicyclic) bond motifs is 1. The van der Waals surface area contributed by atoms with Gasteiger partial charge >= 0.3 is 6.03 Å². The zero-order chi connectivity index (χ0) is 13.0. The van der Waals surface area contributed by atoms with Gasteiger partial charge in [-0.15, -0.1) is 0 Å². The van der Waals surface area contributed by atoms with Crippen molar-refractivity contribution >= 4 is 12.0 Å². The zero-order valence-corrected chi connectivity index (χ0v) is 10.3. The molecule has 0 aliphatic carbocycles. The van der Waals surface area contributed by atoms with E-state index in [1.54, 1.807) is 18.2 Å². The highest BCUT2D eigenvalue weighted by Gasteiger charge is 2.21. The maximum Gasteiger partial charge on any atom is 0.317 e. The highest BCUT2D eigenvalue weighted by Crippen LogP contribution is 2.16. The first-order valence-electron chi connectivity index (χ1n) is 5.82. The maximum atomic E-state index is 11.9. The smallest absolute Gasteiger partial charge is 0.317 e. The summed E-state index contributed by atoms with van der Waals surface area (Å²) in [5, 5.41) is 2.79. The van der Waals surface area contributed by atoms with Crippen LogP contribution in [0.3, 0.4) is 0 Å². The molecule has 0 fully saturated rings. The molecule has 2 rings (SSSR count). The SMILES string of the molecule is COCCNC(=O)N1CCc2cnc(N)nc2C1. The fraction of sp³-hybridized carbons (Fsp3) is 0.545. The summed E-state index contributed by atoms with van der Waals surface area (Å²) in [6.07, 6.45) is 2.49. The molecule has 7 heteroatoms. The minimum Gasteiger partial charge on any atom is -0.383 e. The van der Waals surface area contributed by atoms with Crippen LogP contribution in [0.2, 0.25) is 0 Å². The molecule has 18 heavy (non-hydrogen) atoms. The third kappa shape index (κ3) is 2.86. The molecule has 0 atom stereocenters. The van der Waals surface area contributed by atoms with Gasteiger partial charge in [0.2, 0.25) is 5.95 Å². The van der Waals surface area contributed by atoms with Crippen molar-refractivity contribution in [2.24, 2.45) is 0 Å².